The molecule has 2 aromatic rings. The predicted octanol–water partition coefficient (Wildman–Crippen LogP) is 4.24. The number of carbonyl (C=O) groups is 2. The predicted molar refractivity (Wildman–Crippen MR) is 121 cm³/mol. The van der Waals surface area contributed by atoms with Crippen molar-refractivity contribution in [3.8, 4) is 5.75 Å². The lowest BCUT2D eigenvalue weighted by molar-refractivity contribution is -0.121. The molecule has 31 heavy (non-hydrogen) atoms. The summed E-state index contributed by atoms with van der Waals surface area (Å²) in [6.07, 6.45) is 0. The summed E-state index contributed by atoms with van der Waals surface area (Å²) in [6.45, 7) is 9.36. The lowest BCUT2D eigenvalue weighted by atomic mass is 10.1. The number of rotatable bonds is 8. The fraction of sp³-hybridized carbons (Fsp3) is 0.391. The van der Waals surface area contributed by atoms with Crippen LogP contribution >= 0.6 is 11.6 Å². The van der Waals surface area contributed by atoms with Crippen LogP contribution in [0.15, 0.2) is 42.5 Å². The Kier molecular flexibility index (Phi) is 8.06. The van der Waals surface area contributed by atoms with E-state index in [0.29, 0.717) is 16.3 Å². The average molecular weight is 449 g/mol. The number of halogens is 1. The second-order valence-corrected chi connectivity index (χ2v) is 8.65. The standard InChI is InChI=1S/C23H29ClN2O5/c1-6-30-21(28)17-13-15(26-20(27)16-9-7-8-10-18(16)24)11-12-19(17)31-23(5,29)14-25-22(2,3)4/h7-13,25,29H,6,14H2,1-5H3,(H,26,27). The Bertz CT molecular complexity index is 938. The van der Waals surface area contributed by atoms with Gasteiger partial charge in [-0.05, 0) is 58.0 Å². The molecule has 8 heteroatoms. The first-order valence-corrected chi connectivity index (χ1v) is 10.3. The Hall–Kier alpha value is -2.61. The van der Waals surface area contributed by atoms with Crippen LogP contribution in [0.4, 0.5) is 5.69 Å². The van der Waals surface area contributed by atoms with Gasteiger partial charge in [0.1, 0.15) is 11.3 Å². The van der Waals surface area contributed by atoms with Crippen molar-refractivity contribution in [3.05, 3.63) is 58.6 Å². The third-order valence-electron chi connectivity index (χ3n) is 4.13. The number of hydrogen-bond acceptors (Lipinski definition) is 6. The van der Waals surface area contributed by atoms with Gasteiger partial charge in [0.25, 0.3) is 5.91 Å². The van der Waals surface area contributed by atoms with Gasteiger partial charge in [-0.2, -0.15) is 0 Å². The number of β-amino-alcohol motifs (C(OH)–C–C–N with tert-alkyl or cyclic N) is 1. The van der Waals surface area contributed by atoms with Crippen LogP contribution in [0.2, 0.25) is 5.02 Å². The molecule has 0 aromatic heterocycles. The number of ether oxygens (including phenoxy) is 2. The minimum absolute atomic E-state index is 0.0786. The minimum Gasteiger partial charge on any atom is -0.462 e. The van der Waals surface area contributed by atoms with Crippen molar-refractivity contribution in [1.29, 1.82) is 0 Å². The van der Waals surface area contributed by atoms with E-state index in [1.54, 1.807) is 37.3 Å². The molecule has 1 unspecified atom stereocenters. The Labute approximate surface area is 187 Å². The quantitative estimate of drug-likeness (QED) is 0.412. The molecule has 0 aliphatic heterocycles. The summed E-state index contributed by atoms with van der Waals surface area (Å²) in [5.41, 5.74) is 0.505. The molecule has 0 heterocycles. The highest BCUT2D eigenvalue weighted by atomic mass is 35.5. The van der Waals surface area contributed by atoms with Crippen LogP contribution in [0.1, 0.15) is 55.3 Å². The van der Waals surface area contributed by atoms with E-state index in [9.17, 15) is 14.7 Å². The summed E-state index contributed by atoms with van der Waals surface area (Å²) < 4.78 is 10.8. The van der Waals surface area contributed by atoms with E-state index < -0.39 is 17.7 Å². The molecular weight excluding hydrogens is 420 g/mol. The van der Waals surface area contributed by atoms with Gasteiger partial charge in [-0.15, -0.1) is 0 Å². The fourth-order valence-electron chi connectivity index (χ4n) is 2.61. The Morgan fingerprint density at radius 3 is 2.35 bits per heavy atom. The monoisotopic (exact) mass is 448 g/mol. The smallest absolute Gasteiger partial charge is 0.341 e. The van der Waals surface area contributed by atoms with Crippen molar-refractivity contribution in [2.45, 2.75) is 45.9 Å². The van der Waals surface area contributed by atoms with Crippen molar-refractivity contribution >= 4 is 29.2 Å². The number of hydrogen-bond donors (Lipinski definition) is 3. The van der Waals surface area contributed by atoms with Gasteiger partial charge in [0.05, 0.1) is 23.7 Å². The number of esters is 1. The van der Waals surface area contributed by atoms with E-state index in [0.717, 1.165) is 0 Å². The van der Waals surface area contributed by atoms with Crippen LogP contribution in [0.5, 0.6) is 5.75 Å². The molecule has 0 saturated heterocycles. The zero-order valence-corrected chi connectivity index (χ0v) is 19.2. The lowest BCUT2D eigenvalue weighted by Gasteiger charge is -2.30. The first-order valence-electron chi connectivity index (χ1n) is 9.95. The van der Waals surface area contributed by atoms with E-state index in [2.05, 4.69) is 10.6 Å². The van der Waals surface area contributed by atoms with Gasteiger partial charge in [-0.1, -0.05) is 23.7 Å². The SMILES string of the molecule is CCOC(=O)c1cc(NC(=O)c2ccccc2Cl)ccc1OC(C)(O)CNC(C)(C)C. The van der Waals surface area contributed by atoms with Crippen LogP contribution < -0.4 is 15.4 Å². The van der Waals surface area contributed by atoms with E-state index in [1.807, 2.05) is 20.8 Å². The molecular formula is C23H29ClN2O5. The molecule has 1 amide bonds. The number of benzene rings is 2. The first-order chi connectivity index (χ1) is 14.4. The summed E-state index contributed by atoms with van der Waals surface area (Å²) in [5.74, 6) is -2.51. The topological polar surface area (TPSA) is 96.9 Å². The number of nitrogens with one attached hydrogen (secondary N) is 2. The van der Waals surface area contributed by atoms with E-state index in [1.165, 1.54) is 19.1 Å². The van der Waals surface area contributed by atoms with E-state index in [-0.39, 0.29) is 30.0 Å². The summed E-state index contributed by atoms with van der Waals surface area (Å²) >= 11 is 6.08. The maximum Gasteiger partial charge on any atom is 0.341 e. The summed E-state index contributed by atoms with van der Waals surface area (Å²) in [6, 6.07) is 11.2. The van der Waals surface area contributed by atoms with Crippen molar-refractivity contribution < 1.29 is 24.2 Å². The normalized spacial score (nSPS) is 13.3. The molecule has 2 rings (SSSR count). The highest BCUT2D eigenvalue weighted by Gasteiger charge is 2.28. The van der Waals surface area contributed by atoms with E-state index in [4.69, 9.17) is 21.1 Å². The lowest BCUT2D eigenvalue weighted by Crippen LogP contribution is -2.49. The van der Waals surface area contributed by atoms with Crippen molar-refractivity contribution in [1.82, 2.24) is 5.32 Å². The highest BCUT2D eigenvalue weighted by Crippen LogP contribution is 2.28. The van der Waals surface area contributed by atoms with Crippen LogP contribution in [0, 0.1) is 0 Å². The zero-order chi connectivity index (χ0) is 23.2. The maximum absolute atomic E-state index is 12.5. The maximum atomic E-state index is 12.5. The summed E-state index contributed by atoms with van der Waals surface area (Å²) in [4.78, 5) is 25.0. The molecule has 0 aliphatic rings. The Morgan fingerprint density at radius 2 is 1.74 bits per heavy atom. The van der Waals surface area contributed by atoms with Crippen molar-refractivity contribution in [3.63, 3.8) is 0 Å². The summed E-state index contributed by atoms with van der Waals surface area (Å²) in [5, 5.41) is 16.8. The van der Waals surface area contributed by atoms with Gasteiger partial charge >= 0.3 is 5.97 Å². The van der Waals surface area contributed by atoms with Gasteiger partial charge in [-0.25, -0.2) is 4.79 Å². The van der Waals surface area contributed by atoms with Crippen molar-refractivity contribution in [2.75, 3.05) is 18.5 Å². The third-order valence-corrected chi connectivity index (χ3v) is 4.46. The highest BCUT2D eigenvalue weighted by molar-refractivity contribution is 6.34. The average Bonchev–Trinajstić information content (AvgIpc) is 2.67. The Morgan fingerprint density at radius 1 is 1.06 bits per heavy atom. The van der Waals surface area contributed by atoms with Gasteiger partial charge in [0.15, 0.2) is 0 Å². The zero-order valence-electron chi connectivity index (χ0n) is 18.4. The van der Waals surface area contributed by atoms with Crippen LogP contribution in [0.3, 0.4) is 0 Å². The number of carbonyl (C=O) groups excluding carboxylic acids is 2. The molecule has 0 spiro atoms. The molecule has 168 valence electrons. The van der Waals surface area contributed by atoms with Crippen LogP contribution in [0.25, 0.3) is 0 Å². The van der Waals surface area contributed by atoms with Gasteiger partial charge < -0.3 is 25.2 Å². The van der Waals surface area contributed by atoms with Gasteiger partial charge in [0, 0.05) is 18.2 Å². The second kappa shape index (κ2) is 10.1. The second-order valence-electron chi connectivity index (χ2n) is 8.25. The van der Waals surface area contributed by atoms with Crippen LogP contribution in [-0.4, -0.2) is 41.5 Å². The number of anilines is 1. The largest absolute Gasteiger partial charge is 0.462 e. The first kappa shape index (κ1) is 24.7. The molecule has 3 N–H and O–H groups in total. The third kappa shape index (κ3) is 7.54. The molecule has 0 bridgehead atoms. The van der Waals surface area contributed by atoms with Gasteiger partial charge in [0.2, 0.25) is 5.79 Å². The molecule has 2 aromatic carbocycles. The number of aliphatic hydroxyl groups is 1. The fourth-order valence-corrected chi connectivity index (χ4v) is 2.83. The Balaban J connectivity index is 2.28. The van der Waals surface area contributed by atoms with E-state index >= 15 is 0 Å². The molecule has 0 saturated carbocycles. The molecule has 1 atom stereocenters. The van der Waals surface area contributed by atoms with Crippen molar-refractivity contribution in [2.24, 2.45) is 0 Å². The molecule has 0 radical (unpaired) electrons. The van der Waals surface area contributed by atoms with Crippen LogP contribution in [-0.2, 0) is 4.74 Å². The number of amides is 1. The summed E-state index contributed by atoms with van der Waals surface area (Å²) in [7, 11) is 0. The molecule has 0 aliphatic carbocycles. The van der Waals surface area contributed by atoms with Gasteiger partial charge in [-0.3, -0.25) is 4.79 Å². The molecule has 0 fully saturated rings. The molecule has 7 nitrogen and oxygen atoms in total. The minimum atomic E-state index is -1.59.